The minimum Gasteiger partial charge on any atom is -0.481 e. The van der Waals surface area contributed by atoms with Crippen molar-refractivity contribution in [2.24, 2.45) is 5.73 Å². The van der Waals surface area contributed by atoms with E-state index in [-0.39, 0.29) is 6.54 Å². The number of carboxylic acid groups (broad SMARTS) is 1. The van der Waals surface area contributed by atoms with E-state index in [1.807, 2.05) is 6.07 Å². The van der Waals surface area contributed by atoms with E-state index in [1.165, 1.54) is 0 Å². The van der Waals surface area contributed by atoms with Crippen molar-refractivity contribution in [1.82, 2.24) is 9.97 Å². The Bertz CT molecular complexity index is 538. The molecule has 0 bridgehead atoms. The van der Waals surface area contributed by atoms with Crippen LogP contribution in [0.15, 0.2) is 22.8 Å². The fourth-order valence-electron chi connectivity index (χ4n) is 1.55. The molecular weight excluding hydrogens is 274 g/mol. The molecule has 5 nitrogen and oxygen atoms in total. The molecule has 6 heteroatoms. The Balaban J connectivity index is 2.49. The number of pyridine rings is 1. The highest BCUT2D eigenvalue weighted by Gasteiger charge is 2.20. The molecule has 1 unspecified atom stereocenters. The molecule has 0 aliphatic heterocycles. The lowest BCUT2D eigenvalue weighted by atomic mass is 10.1. The fourth-order valence-corrected chi connectivity index (χ4v) is 1.88. The molecule has 0 fully saturated rings. The Hall–Kier alpha value is -1.40. The number of nitrogens with one attached hydrogen (secondary N) is 1. The third-order valence-electron chi connectivity index (χ3n) is 2.37. The molecule has 0 amide bonds. The van der Waals surface area contributed by atoms with Crippen LogP contribution in [0.3, 0.4) is 0 Å². The van der Waals surface area contributed by atoms with E-state index in [4.69, 9.17) is 10.8 Å². The predicted molar refractivity (Wildman–Crippen MR) is 63.2 cm³/mol. The van der Waals surface area contributed by atoms with Crippen LogP contribution < -0.4 is 5.73 Å². The number of H-pyrrole nitrogens is 1. The van der Waals surface area contributed by atoms with Crippen molar-refractivity contribution in [3.63, 3.8) is 0 Å². The average molecular weight is 284 g/mol. The number of halogens is 1. The molecule has 0 saturated heterocycles. The van der Waals surface area contributed by atoms with Crippen LogP contribution in [0.1, 0.15) is 11.6 Å². The Morgan fingerprint density at radius 2 is 2.38 bits per heavy atom. The third-order valence-corrected chi connectivity index (χ3v) is 2.80. The van der Waals surface area contributed by atoms with E-state index in [0.717, 1.165) is 15.5 Å². The van der Waals surface area contributed by atoms with Crippen LogP contribution >= 0.6 is 15.9 Å². The van der Waals surface area contributed by atoms with Crippen molar-refractivity contribution < 1.29 is 9.90 Å². The predicted octanol–water partition coefficient (Wildman–Crippen LogP) is 1.45. The average Bonchev–Trinajstić information content (AvgIpc) is 2.60. The molecular formula is C10H10BrN3O2. The number of hydrogen-bond donors (Lipinski definition) is 3. The topological polar surface area (TPSA) is 92.0 Å². The molecule has 16 heavy (non-hydrogen) atoms. The summed E-state index contributed by atoms with van der Waals surface area (Å²) in [6, 6.07) is 3.56. The van der Waals surface area contributed by atoms with Crippen molar-refractivity contribution in [1.29, 1.82) is 0 Å². The molecule has 0 aromatic carbocycles. The minimum absolute atomic E-state index is 0.0589. The number of aliphatic carboxylic acids is 1. The number of nitrogens with two attached hydrogens (primary N) is 1. The molecule has 4 N–H and O–H groups in total. The van der Waals surface area contributed by atoms with Gasteiger partial charge in [0.05, 0.1) is 11.0 Å². The van der Waals surface area contributed by atoms with Gasteiger partial charge < -0.3 is 15.8 Å². The highest BCUT2D eigenvalue weighted by molar-refractivity contribution is 9.10. The largest absolute Gasteiger partial charge is 0.481 e. The van der Waals surface area contributed by atoms with Gasteiger partial charge in [-0.05, 0) is 28.1 Å². The van der Waals surface area contributed by atoms with Crippen LogP contribution in [0, 0.1) is 0 Å². The highest BCUT2D eigenvalue weighted by Crippen LogP contribution is 2.22. The first-order valence-corrected chi connectivity index (χ1v) is 5.48. The van der Waals surface area contributed by atoms with Gasteiger partial charge in [-0.1, -0.05) is 0 Å². The summed E-state index contributed by atoms with van der Waals surface area (Å²) in [5, 5.41) is 8.98. The van der Waals surface area contributed by atoms with Gasteiger partial charge in [-0.2, -0.15) is 0 Å². The number of aromatic amines is 1. The van der Waals surface area contributed by atoms with E-state index >= 15 is 0 Å². The van der Waals surface area contributed by atoms with Crippen LogP contribution in [-0.4, -0.2) is 27.6 Å². The zero-order chi connectivity index (χ0) is 11.7. The number of rotatable bonds is 3. The van der Waals surface area contributed by atoms with Gasteiger partial charge in [0, 0.05) is 22.9 Å². The monoisotopic (exact) mass is 283 g/mol. The summed E-state index contributed by atoms with van der Waals surface area (Å²) in [5.74, 6) is -1.65. The molecule has 0 spiro atoms. The summed E-state index contributed by atoms with van der Waals surface area (Å²) in [5.41, 5.74) is 7.54. The molecule has 2 rings (SSSR count). The Labute approximate surface area is 99.8 Å². The first-order chi connectivity index (χ1) is 7.61. The van der Waals surface area contributed by atoms with Gasteiger partial charge in [0.2, 0.25) is 0 Å². The standard InChI is InChI=1S/C10H10BrN3O2/c11-5-1-9-8(13-4-5)2-7(14-9)6(3-12)10(15)16/h1-2,4,6,14H,3,12H2,(H,15,16). The molecule has 0 aliphatic rings. The van der Waals surface area contributed by atoms with Crippen molar-refractivity contribution in [2.45, 2.75) is 5.92 Å². The molecule has 1 atom stereocenters. The summed E-state index contributed by atoms with van der Waals surface area (Å²) in [7, 11) is 0. The molecule has 0 aliphatic carbocycles. The maximum Gasteiger partial charge on any atom is 0.313 e. The number of nitrogens with zero attached hydrogens (tertiary/aromatic N) is 1. The van der Waals surface area contributed by atoms with E-state index in [1.54, 1.807) is 12.3 Å². The second-order valence-electron chi connectivity index (χ2n) is 3.44. The Kier molecular flexibility index (Phi) is 2.93. The van der Waals surface area contributed by atoms with Crippen LogP contribution in [0.4, 0.5) is 0 Å². The lowest BCUT2D eigenvalue weighted by Crippen LogP contribution is -2.21. The lowest BCUT2D eigenvalue weighted by Gasteiger charge is -2.05. The highest BCUT2D eigenvalue weighted by atomic mass is 79.9. The van der Waals surface area contributed by atoms with Crippen molar-refractivity contribution >= 4 is 32.9 Å². The summed E-state index contributed by atoms with van der Waals surface area (Å²) >= 11 is 3.30. The van der Waals surface area contributed by atoms with Crippen LogP contribution in [0.25, 0.3) is 11.0 Å². The van der Waals surface area contributed by atoms with Crippen LogP contribution in [0.5, 0.6) is 0 Å². The second kappa shape index (κ2) is 4.23. The van der Waals surface area contributed by atoms with Gasteiger partial charge in [-0.25, -0.2) is 0 Å². The molecule has 2 aromatic heterocycles. The third kappa shape index (κ3) is 1.94. The second-order valence-corrected chi connectivity index (χ2v) is 4.35. The van der Waals surface area contributed by atoms with Gasteiger partial charge in [-0.15, -0.1) is 0 Å². The number of hydrogen-bond acceptors (Lipinski definition) is 3. The molecule has 0 saturated carbocycles. The maximum atomic E-state index is 10.9. The quantitative estimate of drug-likeness (QED) is 0.795. The van der Waals surface area contributed by atoms with Gasteiger partial charge in [0.1, 0.15) is 5.92 Å². The van der Waals surface area contributed by atoms with Gasteiger partial charge in [0.15, 0.2) is 0 Å². The summed E-state index contributed by atoms with van der Waals surface area (Å²) in [6.45, 7) is 0.0589. The lowest BCUT2D eigenvalue weighted by molar-refractivity contribution is -0.138. The zero-order valence-electron chi connectivity index (χ0n) is 8.27. The van der Waals surface area contributed by atoms with E-state index in [2.05, 4.69) is 25.9 Å². The zero-order valence-corrected chi connectivity index (χ0v) is 9.86. The number of aromatic nitrogens is 2. The van der Waals surface area contributed by atoms with E-state index in [9.17, 15) is 4.79 Å². The summed E-state index contributed by atoms with van der Waals surface area (Å²) in [4.78, 5) is 18.1. The van der Waals surface area contributed by atoms with Gasteiger partial charge >= 0.3 is 5.97 Å². The van der Waals surface area contributed by atoms with Crippen molar-refractivity contribution in [3.05, 3.63) is 28.5 Å². The Morgan fingerprint density at radius 1 is 1.62 bits per heavy atom. The molecule has 84 valence electrons. The number of carbonyl (C=O) groups is 1. The smallest absolute Gasteiger partial charge is 0.313 e. The summed E-state index contributed by atoms with van der Waals surface area (Å²) < 4.78 is 0.841. The minimum atomic E-state index is -0.937. The molecule has 2 aromatic rings. The van der Waals surface area contributed by atoms with Crippen LogP contribution in [0.2, 0.25) is 0 Å². The van der Waals surface area contributed by atoms with E-state index in [0.29, 0.717) is 5.69 Å². The Morgan fingerprint density at radius 3 is 3.00 bits per heavy atom. The van der Waals surface area contributed by atoms with Crippen molar-refractivity contribution in [3.8, 4) is 0 Å². The SMILES string of the molecule is NCC(C(=O)O)c1cc2ncc(Br)cc2[nH]1. The summed E-state index contributed by atoms with van der Waals surface area (Å²) in [6.07, 6.45) is 1.66. The van der Waals surface area contributed by atoms with Crippen molar-refractivity contribution in [2.75, 3.05) is 6.54 Å². The molecule has 0 radical (unpaired) electrons. The number of carboxylic acids is 1. The van der Waals surface area contributed by atoms with Crippen LogP contribution in [-0.2, 0) is 4.79 Å². The first kappa shape index (κ1) is 11.1. The fraction of sp³-hybridized carbons (Fsp3) is 0.200. The van der Waals surface area contributed by atoms with E-state index < -0.39 is 11.9 Å². The normalized spacial score (nSPS) is 12.9. The number of fused-ring (bicyclic) bond motifs is 1. The molecule has 2 heterocycles. The van der Waals surface area contributed by atoms with Gasteiger partial charge in [-0.3, -0.25) is 9.78 Å². The first-order valence-electron chi connectivity index (χ1n) is 4.69. The maximum absolute atomic E-state index is 10.9. The van der Waals surface area contributed by atoms with Gasteiger partial charge in [0.25, 0.3) is 0 Å².